The molecule has 3 nitrogen and oxygen atoms in total. The Hall–Kier alpha value is -1.73. The number of carbonyl (C=O) groups excluding carboxylic acids is 1. The molecule has 2 aromatic carbocycles. The van der Waals surface area contributed by atoms with Crippen molar-refractivity contribution < 1.29 is 4.79 Å². The largest absolute Gasteiger partial charge is 0.321 e. The van der Waals surface area contributed by atoms with Crippen molar-refractivity contribution in [3.05, 3.63) is 68.6 Å². The molecule has 104 valence electrons. The van der Waals surface area contributed by atoms with Gasteiger partial charge in [0, 0.05) is 14.8 Å². The van der Waals surface area contributed by atoms with Crippen molar-refractivity contribution in [3.63, 3.8) is 0 Å². The summed E-state index contributed by atoms with van der Waals surface area (Å²) in [7, 11) is 0. The van der Waals surface area contributed by atoms with Crippen LogP contribution in [0, 0.1) is 3.57 Å². The third kappa shape index (κ3) is 3.30. The van der Waals surface area contributed by atoms with E-state index in [1.54, 1.807) is 5.51 Å². The minimum Gasteiger partial charge on any atom is -0.321 e. The first-order valence-electron chi connectivity index (χ1n) is 6.30. The molecule has 0 saturated heterocycles. The molecule has 0 spiro atoms. The first kappa shape index (κ1) is 14.2. The van der Waals surface area contributed by atoms with E-state index in [0.717, 1.165) is 20.5 Å². The molecule has 0 aliphatic heterocycles. The van der Waals surface area contributed by atoms with Crippen molar-refractivity contribution in [1.29, 1.82) is 0 Å². The van der Waals surface area contributed by atoms with Crippen molar-refractivity contribution in [2.24, 2.45) is 0 Å². The third-order valence-electron chi connectivity index (χ3n) is 2.92. The lowest BCUT2D eigenvalue weighted by Gasteiger charge is -2.05. The van der Waals surface area contributed by atoms with Crippen molar-refractivity contribution in [2.75, 3.05) is 5.32 Å². The highest BCUT2D eigenvalue weighted by atomic mass is 127. The van der Waals surface area contributed by atoms with Crippen LogP contribution in [0.4, 0.5) is 5.69 Å². The number of nitrogens with one attached hydrogen (secondary N) is 1. The zero-order chi connectivity index (χ0) is 14.7. The van der Waals surface area contributed by atoms with Crippen LogP contribution in [0.25, 0.3) is 11.3 Å². The fraction of sp³-hybridized carbons (Fsp3) is 0. The van der Waals surface area contributed by atoms with Gasteiger partial charge in [-0.25, -0.2) is 4.98 Å². The lowest BCUT2D eigenvalue weighted by molar-refractivity contribution is 0.103. The van der Waals surface area contributed by atoms with Gasteiger partial charge in [0.15, 0.2) is 0 Å². The van der Waals surface area contributed by atoms with Crippen LogP contribution in [0.5, 0.6) is 0 Å². The van der Waals surface area contributed by atoms with Gasteiger partial charge in [-0.05, 0) is 46.9 Å². The molecule has 3 rings (SSSR count). The molecular formula is C16H11IN2OS. The SMILES string of the molecule is O=C(Nc1ccc(I)cc1)c1scnc1-c1ccccc1. The van der Waals surface area contributed by atoms with Gasteiger partial charge in [-0.3, -0.25) is 4.79 Å². The van der Waals surface area contributed by atoms with E-state index in [4.69, 9.17) is 0 Å². The molecule has 0 saturated carbocycles. The third-order valence-corrected chi connectivity index (χ3v) is 4.47. The highest BCUT2D eigenvalue weighted by Crippen LogP contribution is 2.26. The van der Waals surface area contributed by atoms with E-state index < -0.39 is 0 Å². The molecule has 0 fully saturated rings. The van der Waals surface area contributed by atoms with Crippen LogP contribution in [0.15, 0.2) is 60.1 Å². The van der Waals surface area contributed by atoms with Gasteiger partial charge in [-0.15, -0.1) is 11.3 Å². The smallest absolute Gasteiger partial charge is 0.268 e. The molecule has 0 aliphatic carbocycles. The van der Waals surface area contributed by atoms with E-state index in [0.29, 0.717) is 4.88 Å². The first-order valence-corrected chi connectivity index (χ1v) is 8.26. The lowest BCUT2D eigenvalue weighted by atomic mass is 10.1. The normalized spacial score (nSPS) is 10.3. The summed E-state index contributed by atoms with van der Waals surface area (Å²) in [5.74, 6) is -0.127. The highest BCUT2D eigenvalue weighted by molar-refractivity contribution is 14.1. The minimum atomic E-state index is -0.127. The maximum atomic E-state index is 12.4. The molecular weight excluding hydrogens is 395 g/mol. The fourth-order valence-corrected chi connectivity index (χ4v) is 2.99. The van der Waals surface area contributed by atoms with Crippen LogP contribution in [-0.4, -0.2) is 10.9 Å². The van der Waals surface area contributed by atoms with E-state index in [1.165, 1.54) is 11.3 Å². The summed E-state index contributed by atoms with van der Waals surface area (Å²) in [4.78, 5) is 17.4. The summed E-state index contributed by atoms with van der Waals surface area (Å²) in [5.41, 5.74) is 4.16. The second-order valence-corrected chi connectivity index (χ2v) is 6.46. The summed E-state index contributed by atoms with van der Waals surface area (Å²) >= 11 is 3.58. The zero-order valence-corrected chi connectivity index (χ0v) is 13.9. The number of nitrogens with zero attached hydrogens (tertiary/aromatic N) is 1. The Balaban J connectivity index is 1.86. The maximum absolute atomic E-state index is 12.4. The van der Waals surface area contributed by atoms with Crippen molar-refractivity contribution in [2.45, 2.75) is 0 Å². The molecule has 1 heterocycles. The number of aromatic nitrogens is 1. The molecule has 0 bridgehead atoms. The molecule has 0 radical (unpaired) electrons. The van der Waals surface area contributed by atoms with Crippen LogP contribution in [0.2, 0.25) is 0 Å². The molecule has 0 unspecified atom stereocenters. The maximum Gasteiger partial charge on any atom is 0.268 e. The number of amides is 1. The summed E-state index contributed by atoms with van der Waals surface area (Å²) in [6.45, 7) is 0. The van der Waals surface area contributed by atoms with Gasteiger partial charge in [0.05, 0.1) is 11.2 Å². The summed E-state index contributed by atoms with van der Waals surface area (Å²) in [6, 6.07) is 17.4. The number of halogens is 1. The van der Waals surface area contributed by atoms with Crippen LogP contribution in [0.1, 0.15) is 9.67 Å². The monoisotopic (exact) mass is 406 g/mol. The molecule has 1 aromatic heterocycles. The zero-order valence-electron chi connectivity index (χ0n) is 10.9. The average Bonchev–Trinajstić information content (AvgIpc) is 3.00. The van der Waals surface area contributed by atoms with Crippen LogP contribution < -0.4 is 5.32 Å². The topological polar surface area (TPSA) is 42.0 Å². The number of thiazole rings is 1. The van der Waals surface area contributed by atoms with Crippen LogP contribution in [-0.2, 0) is 0 Å². The van der Waals surface area contributed by atoms with Crippen molar-refractivity contribution in [3.8, 4) is 11.3 Å². The van der Waals surface area contributed by atoms with E-state index in [2.05, 4.69) is 32.9 Å². The van der Waals surface area contributed by atoms with Gasteiger partial charge in [0.1, 0.15) is 4.88 Å². The van der Waals surface area contributed by atoms with Crippen LogP contribution in [0.3, 0.4) is 0 Å². The van der Waals surface area contributed by atoms with E-state index in [1.807, 2.05) is 54.6 Å². The summed E-state index contributed by atoms with van der Waals surface area (Å²) < 4.78 is 1.13. The second-order valence-electron chi connectivity index (χ2n) is 4.36. The highest BCUT2D eigenvalue weighted by Gasteiger charge is 2.16. The van der Waals surface area contributed by atoms with Gasteiger partial charge in [-0.1, -0.05) is 30.3 Å². The molecule has 1 amide bonds. The quantitative estimate of drug-likeness (QED) is 0.643. The minimum absolute atomic E-state index is 0.127. The lowest BCUT2D eigenvalue weighted by Crippen LogP contribution is -2.11. The van der Waals surface area contributed by atoms with Gasteiger partial charge >= 0.3 is 0 Å². The Morgan fingerprint density at radius 1 is 1.05 bits per heavy atom. The van der Waals surface area contributed by atoms with E-state index >= 15 is 0 Å². The Morgan fingerprint density at radius 2 is 1.76 bits per heavy atom. The first-order chi connectivity index (χ1) is 10.2. The van der Waals surface area contributed by atoms with Crippen LogP contribution >= 0.6 is 33.9 Å². The molecule has 21 heavy (non-hydrogen) atoms. The predicted molar refractivity (Wildman–Crippen MR) is 94.7 cm³/mol. The summed E-state index contributed by atoms with van der Waals surface area (Å²) in [5, 5.41) is 2.91. The van der Waals surface area contributed by atoms with Gasteiger partial charge < -0.3 is 5.32 Å². The molecule has 3 aromatic rings. The van der Waals surface area contributed by atoms with E-state index in [9.17, 15) is 4.79 Å². The Morgan fingerprint density at radius 3 is 2.48 bits per heavy atom. The van der Waals surface area contributed by atoms with Crippen molar-refractivity contribution >= 4 is 45.5 Å². The van der Waals surface area contributed by atoms with Gasteiger partial charge in [0.2, 0.25) is 0 Å². The fourth-order valence-electron chi connectivity index (χ4n) is 1.93. The van der Waals surface area contributed by atoms with E-state index in [-0.39, 0.29) is 5.91 Å². The van der Waals surface area contributed by atoms with Gasteiger partial charge in [0.25, 0.3) is 5.91 Å². The summed E-state index contributed by atoms with van der Waals surface area (Å²) in [6.07, 6.45) is 0. The Kier molecular flexibility index (Phi) is 4.31. The Bertz CT molecular complexity index is 753. The number of hydrogen-bond acceptors (Lipinski definition) is 3. The molecule has 1 N–H and O–H groups in total. The number of anilines is 1. The van der Waals surface area contributed by atoms with Crippen molar-refractivity contribution in [1.82, 2.24) is 4.98 Å². The number of rotatable bonds is 3. The second kappa shape index (κ2) is 6.36. The molecule has 0 aliphatic rings. The molecule has 5 heteroatoms. The predicted octanol–water partition coefficient (Wildman–Crippen LogP) is 4.67. The standard InChI is InChI=1S/C16H11IN2OS/c17-12-6-8-13(9-7-12)19-16(20)15-14(18-10-21-15)11-4-2-1-3-5-11/h1-10H,(H,19,20). The molecule has 0 atom stereocenters. The number of hydrogen-bond donors (Lipinski definition) is 1. The number of carbonyl (C=O) groups is 1. The van der Waals surface area contributed by atoms with Gasteiger partial charge in [-0.2, -0.15) is 0 Å². The Labute approximate surface area is 140 Å². The average molecular weight is 406 g/mol. The number of benzene rings is 2.